The maximum atomic E-state index is 11.8. The maximum absolute atomic E-state index is 11.8. The summed E-state index contributed by atoms with van der Waals surface area (Å²) in [5.74, 6) is -0.337. The van der Waals surface area contributed by atoms with E-state index in [1.165, 1.54) is 57.7 Å². The fourth-order valence-electron chi connectivity index (χ4n) is 4.76. The van der Waals surface area contributed by atoms with Gasteiger partial charge in [0, 0.05) is 0 Å². The summed E-state index contributed by atoms with van der Waals surface area (Å²) in [7, 11) is 0. The molecule has 0 saturated carbocycles. The SMILES string of the molecule is C1=c2cc(CCc3cc4c([cH-]3)=CCCC=4)[cH-]c2=CCC1.Oc1ccc(C(F)(F)F)cc1.Oc1ccc(C(F)(F)F)cc1.[Zr+2]. The van der Waals surface area contributed by atoms with Crippen molar-refractivity contribution >= 4 is 24.3 Å². The van der Waals surface area contributed by atoms with E-state index in [-0.39, 0.29) is 37.7 Å². The molecule has 2 nitrogen and oxygen atoms in total. The summed E-state index contributed by atoms with van der Waals surface area (Å²) in [6, 6.07) is 16.9. The van der Waals surface area contributed by atoms with Crippen molar-refractivity contribution < 1.29 is 62.8 Å². The minimum absolute atomic E-state index is 0. The largest absolute Gasteiger partial charge is 2.00 e. The molecule has 0 aliphatic heterocycles. The van der Waals surface area contributed by atoms with E-state index in [4.69, 9.17) is 10.2 Å². The molecule has 0 amide bonds. The Kier molecular flexibility index (Phi) is 11.9. The zero-order valence-electron chi connectivity index (χ0n) is 23.1. The Morgan fingerprint density at radius 2 is 0.860 bits per heavy atom. The maximum Gasteiger partial charge on any atom is 2.00 e. The summed E-state index contributed by atoms with van der Waals surface area (Å²) in [4.78, 5) is 0. The van der Waals surface area contributed by atoms with Crippen molar-refractivity contribution in [3.05, 3.63) is 116 Å². The molecule has 43 heavy (non-hydrogen) atoms. The summed E-state index contributed by atoms with van der Waals surface area (Å²) in [6.07, 6.45) is 8.02. The average Bonchev–Trinajstić information content (AvgIpc) is 3.56. The molecular weight excluding hydrogens is 646 g/mol. The molecule has 0 radical (unpaired) electrons. The van der Waals surface area contributed by atoms with Gasteiger partial charge < -0.3 is 10.2 Å². The smallest absolute Gasteiger partial charge is 0.508 e. The predicted molar refractivity (Wildman–Crippen MR) is 153 cm³/mol. The Morgan fingerprint density at radius 3 is 1.16 bits per heavy atom. The van der Waals surface area contributed by atoms with Gasteiger partial charge in [0.25, 0.3) is 0 Å². The number of rotatable bonds is 3. The molecule has 4 aromatic carbocycles. The number of aromatic hydroxyl groups is 2. The molecule has 4 aromatic rings. The van der Waals surface area contributed by atoms with Crippen LogP contribution in [-0.2, 0) is 51.4 Å². The van der Waals surface area contributed by atoms with Crippen molar-refractivity contribution in [3.8, 4) is 11.5 Å². The first kappa shape index (κ1) is 34.2. The normalized spacial score (nSPS) is 13.4. The van der Waals surface area contributed by atoms with Crippen molar-refractivity contribution in [3.63, 3.8) is 0 Å². The van der Waals surface area contributed by atoms with Crippen LogP contribution in [-0.4, -0.2) is 10.2 Å². The van der Waals surface area contributed by atoms with Gasteiger partial charge in [-0.1, -0.05) is 12.8 Å². The first-order chi connectivity index (χ1) is 19.9. The molecule has 0 saturated heterocycles. The van der Waals surface area contributed by atoms with Crippen molar-refractivity contribution in [2.24, 2.45) is 0 Å². The quantitative estimate of drug-likeness (QED) is 0.194. The van der Waals surface area contributed by atoms with Crippen LogP contribution in [0.3, 0.4) is 0 Å². The second kappa shape index (κ2) is 14.9. The summed E-state index contributed by atoms with van der Waals surface area (Å²) in [6.45, 7) is 0. The molecule has 0 fully saturated rings. The number of halogens is 6. The Bertz CT molecular complexity index is 1510. The van der Waals surface area contributed by atoms with Gasteiger partial charge >= 0.3 is 38.6 Å². The molecule has 2 aliphatic carbocycles. The van der Waals surface area contributed by atoms with Gasteiger partial charge in [0.15, 0.2) is 0 Å². The van der Waals surface area contributed by atoms with Gasteiger partial charge in [-0.15, -0.1) is 45.8 Å². The third kappa shape index (κ3) is 10.1. The van der Waals surface area contributed by atoms with E-state index in [9.17, 15) is 26.3 Å². The van der Waals surface area contributed by atoms with E-state index >= 15 is 0 Å². The number of phenols is 2. The molecule has 0 atom stereocenters. The van der Waals surface area contributed by atoms with Crippen molar-refractivity contribution in [1.82, 2.24) is 0 Å². The molecule has 0 aromatic heterocycles. The van der Waals surface area contributed by atoms with E-state index in [2.05, 4.69) is 48.6 Å². The van der Waals surface area contributed by atoms with Crippen molar-refractivity contribution in [1.29, 1.82) is 0 Å². The summed E-state index contributed by atoms with van der Waals surface area (Å²) in [5, 5.41) is 23.1. The molecule has 0 spiro atoms. The van der Waals surface area contributed by atoms with Crippen LogP contribution in [0.1, 0.15) is 47.9 Å². The topological polar surface area (TPSA) is 40.5 Å². The van der Waals surface area contributed by atoms with Gasteiger partial charge in [0.1, 0.15) is 11.5 Å². The third-order valence-corrected chi connectivity index (χ3v) is 6.91. The van der Waals surface area contributed by atoms with Gasteiger partial charge in [-0.2, -0.15) is 61.1 Å². The summed E-state index contributed by atoms with van der Waals surface area (Å²) < 4.78 is 71.0. The van der Waals surface area contributed by atoms with Gasteiger partial charge in [0.05, 0.1) is 11.1 Å². The molecule has 9 heteroatoms. The monoisotopic (exact) mass is 674 g/mol. The predicted octanol–water partition coefficient (Wildman–Crippen LogP) is 6.44. The number of hydrogen-bond donors (Lipinski definition) is 2. The van der Waals surface area contributed by atoms with Gasteiger partial charge in [-0.25, -0.2) is 0 Å². The Morgan fingerprint density at radius 1 is 0.535 bits per heavy atom. The van der Waals surface area contributed by atoms with E-state index in [1.54, 1.807) is 0 Å². The van der Waals surface area contributed by atoms with Gasteiger partial charge in [0.2, 0.25) is 0 Å². The van der Waals surface area contributed by atoms with Crippen LogP contribution < -0.4 is 20.9 Å². The summed E-state index contributed by atoms with van der Waals surface area (Å²) in [5.41, 5.74) is 1.48. The Labute approximate surface area is 264 Å². The Balaban J connectivity index is 0.000000190. The van der Waals surface area contributed by atoms with Crippen LogP contribution in [0.15, 0.2) is 72.8 Å². The zero-order chi connectivity index (χ0) is 30.3. The molecule has 6 rings (SSSR count). The van der Waals surface area contributed by atoms with Crippen molar-refractivity contribution in [2.45, 2.75) is 50.9 Å². The van der Waals surface area contributed by atoms with Crippen molar-refractivity contribution in [2.75, 3.05) is 0 Å². The fourth-order valence-corrected chi connectivity index (χ4v) is 4.76. The number of phenolic OH excluding ortho intramolecular Hbond substituents is 2. The molecule has 2 N–H and O–H groups in total. The van der Waals surface area contributed by atoms with Crippen LogP contribution in [0, 0.1) is 0 Å². The minimum atomic E-state index is -4.33. The van der Waals surface area contributed by atoms with Crippen LogP contribution in [0.25, 0.3) is 24.3 Å². The molecule has 0 bridgehead atoms. The standard InChI is InChI=1S/C20H20.2C7H5F3O.Zr/c1-2-6-18-12-15(11-17(18)5-1)9-10-16-13-19-7-3-4-8-20(19)14-16;2*8-7(9,10)5-1-3-6(11)4-2-5;/h5-8,11-14H,1-4,9-10H2;2*1-4,11H;/q-2;;;+2. The van der Waals surface area contributed by atoms with Crippen LogP contribution in [0.5, 0.6) is 11.5 Å². The second-order valence-corrected chi connectivity index (χ2v) is 10.1. The first-order valence-electron chi connectivity index (χ1n) is 13.5. The first-order valence-corrected chi connectivity index (χ1v) is 13.5. The van der Waals surface area contributed by atoms with E-state index in [0.717, 1.165) is 61.4 Å². The number of fused-ring (bicyclic) bond motifs is 2. The van der Waals surface area contributed by atoms with E-state index < -0.39 is 23.5 Å². The number of hydrogen-bond acceptors (Lipinski definition) is 2. The molecular formula is C34H30F6O2Zr. The number of aryl methyl sites for hydroxylation is 2. The second-order valence-electron chi connectivity index (χ2n) is 10.1. The van der Waals surface area contributed by atoms with Crippen LogP contribution in [0.4, 0.5) is 26.3 Å². The zero-order valence-corrected chi connectivity index (χ0v) is 25.6. The van der Waals surface area contributed by atoms with Crippen LogP contribution in [0.2, 0.25) is 0 Å². The van der Waals surface area contributed by atoms with Gasteiger partial charge in [-0.3, -0.25) is 0 Å². The molecule has 0 heterocycles. The fraction of sp³-hybridized carbons (Fsp3) is 0.235. The minimum Gasteiger partial charge on any atom is -0.508 e. The third-order valence-electron chi connectivity index (χ3n) is 6.91. The summed E-state index contributed by atoms with van der Waals surface area (Å²) >= 11 is 0. The van der Waals surface area contributed by atoms with Gasteiger partial charge in [-0.05, 0) is 74.2 Å². The molecule has 0 unspecified atom stereocenters. The molecule has 2 aliphatic rings. The van der Waals surface area contributed by atoms with Crippen LogP contribution >= 0.6 is 0 Å². The van der Waals surface area contributed by atoms with E-state index in [0.29, 0.717) is 0 Å². The Hall–Kier alpha value is -3.32. The van der Waals surface area contributed by atoms with E-state index in [1.807, 2.05) is 0 Å². The average molecular weight is 676 g/mol. The molecule has 224 valence electrons. The number of benzene rings is 2. The number of alkyl halides is 6.